The van der Waals surface area contributed by atoms with Gasteiger partial charge in [-0.3, -0.25) is 0 Å². The Kier molecular flexibility index (Phi) is 3.23. The summed E-state index contributed by atoms with van der Waals surface area (Å²) in [5.74, 6) is 2.05. The van der Waals surface area contributed by atoms with Gasteiger partial charge in [-0.2, -0.15) is 0 Å². The van der Waals surface area contributed by atoms with Crippen LogP contribution in [-0.4, -0.2) is 21.6 Å². The van der Waals surface area contributed by atoms with E-state index in [4.69, 9.17) is 4.98 Å². The molecular formula is C15H20N4. The molecule has 1 N–H and O–H groups in total. The quantitative estimate of drug-likeness (QED) is 0.917. The molecule has 2 aromatic rings. The third-order valence-electron chi connectivity index (χ3n) is 3.84. The molecule has 0 unspecified atom stereocenters. The van der Waals surface area contributed by atoms with Crippen LogP contribution in [0.5, 0.6) is 0 Å². The average Bonchev–Trinajstić information content (AvgIpc) is 2.76. The van der Waals surface area contributed by atoms with E-state index in [1.165, 1.54) is 36.2 Å². The van der Waals surface area contributed by atoms with Crippen LogP contribution in [0.2, 0.25) is 0 Å². The van der Waals surface area contributed by atoms with E-state index in [9.17, 15) is 0 Å². The van der Waals surface area contributed by atoms with Crippen molar-refractivity contribution < 1.29 is 0 Å². The molecule has 3 rings (SSSR count). The number of fused-ring (bicyclic) bond motifs is 1. The fourth-order valence-corrected chi connectivity index (χ4v) is 2.84. The molecule has 0 bridgehead atoms. The molecule has 0 radical (unpaired) electrons. The number of anilines is 1. The fraction of sp³-hybridized carbons (Fsp3) is 0.467. The first kappa shape index (κ1) is 12.2. The number of nitrogens with zero attached hydrogens (tertiary/aromatic N) is 3. The van der Waals surface area contributed by atoms with Crippen LogP contribution < -0.4 is 5.32 Å². The van der Waals surface area contributed by atoms with E-state index in [1.807, 2.05) is 13.2 Å². The van der Waals surface area contributed by atoms with Gasteiger partial charge >= 0.3 is 0 Å². The van der Waals surface area contributed by atoms with Gasteiger partial charge in [-0.15, -0.1) is 0 Å². The maximum absolute atomic E-state index is 4.72. The molecule has 0 amide bonds. The van der Waals surface area contributed by atoms with E-state index < -0.39 is 0 Å². The molecule has 0 aliphatic heterocycles. The molecule has 2 heterocycles. The van der Waals surface area contributed by atoms with Gasteiger partial charge in [-0.25, -0.2) is 9.97 Å². The predicted octanol–water partition coefficient (Wildman–Crippen LogP) is 2.56. The highest BCUT2D eigenvalue weighted by Crippen LogP contribution is 2.23. The molecule has 0 atom stereocenters. The second-order valence-electron chi connectivity index (χ2n) is 5.14. The molecule has 4 heteroatoms. The van der Waals surface area contributed by atoms with Gasteiger partial charge in [0.2, 0.25) is 0 Å². The summed E-state index contributed by atoms with van der Waals surface area (Å²) in [5, 5.41) is 3.09. The zero-order valence-corrected chi connectivity index (χ0v) is 11.6. The number of aryl methyl sites for hydroxylation is 2. The number of rotatable bonds is 3. The Morgan fingerprint density at radius 2 is 2.16 bits per heavy atom. The largest absolute Gasteiger partial charge is 0.373 e. The van der Waals surface area contributed by atoms with Crippen molar-refractivity contribution in [2.45, 2.75) is 39.2 Å². The summed E-state index contributed by atoms with van der Waals surface area (Å²) in [5.41, 5.74) is 4.02. The van der Waals surface area contributed by atoms with E-state index in [1.54, 1.807) is 0 Å². The topological polar surface area (TPSA) is 42.7 Å². The lowest BCUT2D eigenvalue weighted by Crippen LogP contribution is -2.10. The molecule has 1 aliphatic rings. The van der Waals surface area contributed by atoms with Crippen LogP contribution in [0.4, 0.5) is 5.82 Å². The minimum Gasteiger partial charge on any atom is -0.373 e. The van der Waals surface area contributed by atoms with Gasteiger partial charge in [-0.05, 0) is 50.3 Å². The molecule has 2 aromatic heterocycles. The van der Waals surface area contributed by atoms with Crippen LogP contribution in [-0.2, 0) is 19.4 Å². The van der Waals surface area contributed by atoms with E-state index in [0.717, 1.165) is 24.6 Å². The summed E-state index contributed by atoms with van der Waals surface area (Å²) < 4.78 is 2.36. The van der Waals surface area contributed by atoms with Crippen molar-refractivity contribution in [1.82, 2.24) is 14.5 Å². The van der Waals surface area contributed by atoms with Crippen molar-refractivity contribution in [1.29, 1.82) is 0 Å². The predicted molar refractivity (Wildman–Crippen MR) is 76.5 cm³/mol. The highest BCUT2D eigenvalue weighted by atomic mass is 15.1. The number of hydrogen-bond donors (Lipinski definition) is 1. The summed E-state index contributed by atoms with van der Waals surface area (Å²) in [6.07, 6.45) is 6.74. The van der Waals surface area contributed by atoms with Gasteiger partial charge in [0.05, 0.1) is 5.69 Å². The molecule has 0 fully saturated rings. The SMILES string of the molecule is CNc1cc(Cn2c(C)nc3c2CCCC3)ccn1. The van der Waals surface area contributed by atoms with Crippen molar-refractivity contribution >= 4 is 5.82 Å². The van der Waals surface area contributed by atoms with Gasteiger partial charge in [-0.1, -0.05) is 0 Å². The summed E-state index contributed by atoms with van der Waals surface area (Å²) >= 11 is 0. The van der Waals surface area contributed by atoms with Crippen molar-refractivity contribution in [2.75, 3.05) is 12.4 Å². The summed E-state index contributed by atoms with van der Waals surface area (Å²) in [4.78, 5) is 8.98. The van der Waals surface area contributed by atoms with Crippen LogP contribution in [0.3, 0.4) is 0 Å². The van der Waals surface area contributed by atoms with E-state index in [0.29, 0.717) is 0 Å². The van der Waals surface area contributed by atoms with Gasteiger partial charge in [0.15, 0.2) is 0 Å². The Bertz CT molecular complexity index is 586. The van der Waals surface area contributed by atoms with Crippen LogP contribution in [0.25, 0.3) is 0 Å². The van der Waals surface area contributed by atoms with Crippen LogP contribution in [0, 0.1) is 6.92 Å². The number of pyridine rings is 1. The molecule has 0 aromatic carbocycles. The average molecular weight is 256 g/mol. The third kappa shape index (κ3) is 2.35. The number of nitrogens with one attached hydrogen (secondary N) is 1. The van der Waals surface area contributed by atoms with Crippen LogP contribution >= 0.6 is 0 Å². The summed E-state index contributed by atoms with van der Waals surface area (Å²) in [7, 11) is 1.90. The first-order valence-electron chi connectivity index (χ1n) is 6.95. The molecule has 4 nitrogen and oxygen atoms in total. The maximum Gasteiger partial charge on any atom is 0.125 e. The Morgan fingerprint density at radius 3 is 3.00 bits per heavy atom. The zero-order valence-electron chi connectivity index (χ0n) is 11.6. The number of aromatic nitrogens is 3. The second-order valence-corrected chi connectivity index (χ2v) is 5.14. The molecular weight excluding hydrogens is 236 g/mol. The van der Waals surface area contributed by atoms with Gasteiger partial charge in [0, 0.05) is 25.5 Å². The summed E-state index contributed by atoms with van der Waals surface area (Å²) in [6.45, 7) is 3.00. The lowest BCUT2D eigenvalue weighted by atomic mass is 10.0. The lowest BCUT2D eigenvalue weighted by molar-refractivity contribution is 0.624. The molecule has 0 saturated carbocycles. The molecule has 100 valence electrons. The Hall–Kier alpha value is -1.84. The summed E-state index contributed by atoms with van der Waals surface area (Å²) in [6, 6.07) is 4.18. The Balaban J connectivity index is 1.92. The Morgan fingerprint density at radius 1 is 1.32 bits per heavy atom. The molecule has 19 heavy (non-hydrogen) atoms. The maximum atomic E-state index is 4.72. The fourth-order valence-electron chi connectivity index (χ4n) is 2.84. The standard InChI is InChI=1S/C15H20N4/c1-11-18-13-5-3-4-6-14(13)19(11)10-12-7-8-17-15(9-12)16-2/h7-9H,3-6,10H2,1-2H3,(H,16,17). The van der Waals surface area contributed by atoms with Gasteiger partial charge in [0.1, 0.15) is 11.6 Å². The zero-order chi connectivity index (χ0) is 13.2. The van der Waals surface area contributed by atoms with Gasteiger partial charge in [0.25, 0.3) is 0 Å². The van der Waals surface area contributed by atoms with Gasteiger partial charge < -0.3 is 9.88 Å². The minimum absolute atomic E-state index is 0.894. The van der Waals surface area contributed by atoms with Crippen molar-refractivity contribution in [3.8, 4) is 0 Å². The Labute approximate surface area is 113 Å². The van der Waals surface area contributed by atoms with Crippen LogP contribution in [0.1, 0.15) is 35.6 Å². The highest BCUT2D eigenvalue weighted by Gasteiger charge is 2.17. The molecule has 0 saturated heterocycles. The van der Waals surface area contributed by atoms with E-state index >= 15 is 0 Å². The lowest BCUT2D eigenvalue weighted by Gasteiger charge is -2.15. The van der Waals surface area contributed by atoms with Crippen molar-refractivity contribution in [2.24, 2.45) is 0 Å². The number of imidazole rings is 1. The molecule has 1 aliphatic carbocycles. The van der Waals surface area contributed by atoms with E-state index in [2.05, 4.69) is 33.9 Å². The molecule has 0 spiro atoms. The smallest absolute Gasteiger partial charge is 0.125 e. The van der Waals surface area contributed by atoms with E-state index in [-0.39, 0.29) is 0 Å². The highest BCUT2D eigenvalue weighted by molar-refractivity contribution is 5.37. The first-order chi connectivity index (χ1) is 9.28. The van der Waals surface area contributed by atoms with Crippen molar-refractivity contribution in [3.05, 3.63) is 41.1 Å². The number of hydrogen-bond acceptors (Lipinski definition) is 3. The van der Waals surface area contributed by atoms with Crippen molar-refractivity contribution in [3.63, 3.8) is 0 Å². The second kappa shape index (κ2) is 5.03. The van der Waals surface area contributed by atoms with Crippen LogP contribution in [0.15, 0.2) is 18.3 Å². The normalized spacial score (nSPS) is 14.2. The third-order valence-corrected chi connectivity index (χ3v) is 3.84. The minimum atomic E-state index is 0.894. The monoisotopic (exact) mass is 256 g/mol. The first-order valence-corrected chi connectivity index (χ1v) is 6.95.